The van der Waals surface area contributed by atoms with Crippen molar-refractivity contribution in [2.45, 2.75) is 6.92 Å². The molecule has 1 aromatic rings. The minimum atomic E-state index is -1.11. The van der Waals surface area contributed by atoms with Crippen LogP contribution < -0.4 is 9.47 Å². The van der Waals surface area contributed by atoms with Crippen molar-refractivity contribution in [3.8, 4) is 11.5 Å². The van der Waals surface area contributed by atoms with E-state index in [4.69, 9.17) is 26.8 Å². The average Bonchev–Trinajstić information content (AvgIpc) is 2.75. The summed E-state index contributed by atoms with van der Waals surface area (Å²) >= 11 is 9.55. The smallest absolute Gasteiger partial charge is 0.323 e. The molecule has 0 aliphatic carbocycles. The summed E-state index contributed by atoms with van der Waals surface area (Å²) in [6.07, 6.45) is 1.65. The largest absolute Gasteiger partial charge is 0.492 e. The standard InChI is InChI=1S/C15H14BrNO5S2/c1-3-22-10-5-8(4-9(16)13(10)21-2)6-11-14(20)17(7-12(18)19)15(23)24-11/h4-6H,3,7H2,1-2H3,(H,18,19)/b11-6-. The number of amides is 1. The van der Waals surface area contributed by atoms with E-state index < -0.39 is 18.4 Å². The predicted octanol–water partition coefficient (Wildman–Crippen LogP) is 3.14. The molecule has 1 saturated heterocycles. The highest BCUT2D eigenvalue weighted by Gasteiger charge is 2.33. The Labute approximate surface area is 156 Å². The number of benzene rings is 1. The van der Waals surface area contributed by atoms with Gasteiger partial charge in [-0.25, -0.2) is 0 Å². The molecule has 0 unspecified atom stereocenters. The molecule has 6 nitrogen and oxygen atoms in total. The van der Waals surface area contributed by atoms with Gasteiger partial charge in [0.1, 0.15) is 10.9 Å². The van der Waals surface area contributed by atoms with Crippen molar-refractivity contribution in [2.24, 2.45) is 0 Å². The van der Waals surface area contributed by atoms with Crippen LogP contribution in [-0.4, -0.2) is 46.5 Å². The zero-order valence-corrected chi connectivity index (χ0v) is 16.1. The van der Waals surface area contributed by atoms with Gasteiger partial charge in [-0.15, -0.1) is 0 Å². The molecule has 0 saturated carbocycles. The first-order valence-electron chi connectivity index (χ1n) is 6.84. The summed E-state index contributed by atoms with van der Waals surface area (Å²) in [6, 6.07) is 3.53. The van der Waals surface area contributed by atoms with E-state index in [0.29, 0.717) is 33.0 Å². The Balaban J connectivity index is 2.36. The number of methoxy groups -OCH3 is 1. The molecule has 1 heterocycles. The van der Waals surface area contributed by atoms with Gasteiger partial charge in [0, 0.05) is 0 Å². The van der Waals surface area contributed by atoms with E-state index in [1.165, 1.54) is 0 Å². The molecule has 0 spiro atoms. The van der Waals surface area contributed by atoms with Crippen molar-refractivity contribution in [3.63, 3.8) is 0 Å². The molecule has 1 N–H and O–H groups in total. The lowest BCUT2D eigenvalue weighted by atomic mass is 10.2. The number of carbonyl (C=O) groups excluding carboxylic acids is 1. The molecule has 0 radical (unpaired) electrons. The van der Waals surface area contributed by atoms with E-state index in [1.54, 1.807) is 25.3 Å². The Morgan fingerprint density at radius 1 is 1.50 bits per heavy atom. The summed E-state index contributed by atoms with van der Waals surface area (Å²) in [6.45, 7) is 1.88. The van der Waals surface area contributed by atoms with Gasteiger partial charge in [0.05, 0.1) is 23.1 Å². The molecule has 1 aliphatic heterocycles. The molecule has 24 heavy (non-hydrogen) atoms. The molecule has 1 amide bonds. The molecule has 0 aromatic heterocycles. The van der Waals surface area contributed by atoms with Crippen LogP contribution in [0.25, 0.3) is 6.08 Å². The number of carboxylic acids is 1. The second-order valence-corrected chi connectivity index (χ2v) is 7.16. The Morgan fingerprint density at radius 2 is 2.21 bits per heavy atom. The van der Waals surface area contributed by atoms with Crippen molar-refractivity contribution >= 4 is 62.2 Å². The van der Waals surface area contributed by atoms with Gasteiger partial charge >= 0.3 is 5.97 Å². The van der Waals surface area contributed by atoms with Gasteiger partial charge in [0.25, 0.3) is 5.91 Å². The second-order valence-electron chi connectivity index (χ2n) is 4.63. The van der Waals surface area contributed by atoms with E-state index >= 15 is 0 Å². The number of ether oxygens (including phenoxy) is 2. The van der Waals surface area contributed by atoms with E-state index in [0.717, 1.165) is 16.7 Å². The fourth-order valence-electron chi connectivity index (χ4n) is 2.06. The monoisotopic (exact) mass is 431 g/mol. The maximum absolute atomic E-state index is 12.3. The van der Waals surface area contributed by atoms with Crippen molar-refractivity contribution < 1.29 is 24.2 Å². The van der Waals surface area contributed by atoms with Crippen molar-refractivity contribution in [1.29, 1.82) is 0 Å². The number of halogens is 1. The summed E-state index contributed by atoms with van der Waals surface area (Å²) in [5, 5.41) is 8.86. The minimum absolute atomic E-state index is 0.228. The van der Waals surface area contributed by atoms with E-state index in [1.807, 2.05) is 6.92 Å². The molecule has 1 aliphatic rings. The summed E-state index contributed by atoms with van der Waals surface area (Å²) in [5.41, 5.74) is 0.710. The summed E-state index contributed by atoms with van der Waals surface area (Å²) in [4.78, 5) is 24.5. The lowest BCUT2D eigenvalue weighted by Crippen LogP contribution is -2.33. The van der Waals surface area contributed by atoms with Crippen LogP contribution in [0.3, 0.4) is 0 Å². The first-order valence-corrected chi connectivity index (χ1v) is 8.86. The second kappa shape index (κ2) is 8.00. The highest BCUT2D eigenvalue weighted by molar-refractivity contribution is 9.10. The first kappa shape index (κ1) is 18.8. The Hall–Kier alpha value is -1.58. The van der Waals surface area contributed by atoms with Crippen LogP contribution in [0.2, 0.25) is 0 Å². The summed E-state index contributed by atoms with van der Waals surface area (Å²) in [7, 11) is 1.54. The number of hydrogen-bond donors (Lipinski definition) is 1. The number of thiocarbonyl (C=S) groups is 1. The lowest BCUT2D eigenvalue weighted by Gasteiger charge is -2.12. The third-order valence-corrected chi connectivity index (χ3v) is 4.97. The SMILES string of the molecule is CCOc1cc(/C=C2\SC(=S)N(CC(=O)O)C2=O)cc(Br)c1OC. The van der Waals surface area contributed by atoms with E-state index in [2.05, 4.69) is 15.9 Å². The normalized spacial score (nSPS) is 16.0. The van der Waals surface area contributed by atoms with E-state index in [-0.39, 0.29) is 4.32 Å². The Bertz CT molecular complexity index is 735. The quantitative estimate of drug-likeness (QED) is 0.547. The van der Waals surface area contributed by atoms with Crippen LogP contribution in [0.4, 0.5) is 0 Å². The summed E-state index contributed by atoms with van der Waals surface area (Å²) < 4.78 is 11.8. The van der Waals surface area contributed by atoms with Gasteiger partial charge in [-0.05, 0) is 46.6 Å². The summed E-state index contributed by atoms with van der Waals surface area (Å²) in [5.74, 6) is -0.426. The number of carbonyl (C=O) groups is 2. The van der Waals surface area contributed by atoms with Gasteiger partial charge in [0.2, 0.25) is 0 Å². The van der Waals surface area contributed by atoms with Gasteiger partial charge in [-0.1, -0.05) is 24.0 Å². The number of aliphatic carboxylic acids is 1. The van der Waals surface area contributed by atoms with Gasteiger partial charge in [0.15, 0.2) is 11.5 Å². The zero-order chi connectivity index (χ0) is 17.9. The van der Waals surface area contributed by atoms with Crippen LogP contribution in [-0.2, 0) is 9.59 Å². The van der Waals surface area contributed by atoms with E-state index in [9.17, 15) is 9.59 Å². The predicted molar refractivity (Wildman–Crippen MR) is 99.4 cm³/mol. The van der Waals surface area contributed by atoms with Crippen molar-refractivity contribution in [1.82, 2.24) is 4.90 Å². The van der Waals surface area contributed by atoms with Crippen molar-refractivity contribution in [3.05, 3.63) is 27.1 Å². The molecule has 0 atom stereocenters. The lowest BCUT2D eigenvalue weighted by molar-refractivity contribution is -0.140. The van der Waals surface area contributed by atoms with Gasteiger partial charge in [-0.3, -0.25) is 14.5 Å². The van der Waals surface area contributed by atoms with Gasteiger partial charge in [-0.2, -0.15) is 0 Å². The molecule has 1 aromatic carbocycles. The fourth-order valence-corrected chi connectivity index (χ4v) is 3.93. The topological polar surface area (TPSA) is 76.1 Å². The number of hydrogen-bond acceptors (Lipinski definition) is 6. The highest BCUT2D eigenvalue weighted by Crippen LogP contribution is 2.39. The van der Waals surface area contributed by atoms with Crippen molar-refractivity contribution in [2.75, 3.05) is 20.3 Å². The molecular weight excluding hydrogens is 418 g/mol. The number of thioether (sulfide) groups is 1. The van der Waals surface area contributed by atoms with Crippen LogP contribution in [0.5, 0.6) is 11.5 Å². The zero-order valence-electron chi connectivity index (χ0n) is 12.9. The number of carboxylic acid groups (broad SMARTS) is 1. The third kappa shape index (κ3) is 4.08. The van der Waals surface area contributed by atoms with Crippen LogP contribution in [0.15, 0.2) is 21.5 Å². The van der Waals surface area contributed by atoms with Crippen LogP contribution in [0.1, 0.15) is 12.5 Å². The number of nitrogens with zero attached hydrogens (tertiary/aromatic N) is 1. The Morgan fingerprint density at radius 3 is 2.79 bits per heavy atom. The molecule has 128 valence electrons. The van der Waals surface area contributed by atoms with Crippen LogP contribution in [0, 0.1) is 0 Å². The highest BCUT2D eigenvalue weighted by atomic mass is 79.9. The minimum Gasteiger partial charge on any atom is -0.492 e. The fraction of sp³-hybridized carbons (Fsp3) is 0.267. The molecular formula is C15H14BrNO5S2. The average molecular weight is 432 g/mol. The van der Waals surface area contributed by atoms with Gasteiger partial charge < -0.3 is 14.6 Å². The molecule has 2 rings (SSSR count). The molecule has 0 bridgehead atoms. The first-order chi connectivity index (χ1) is 11.4. The molecule has 1 fully saturated rings. The molecule has 9 heteroatoms. The maximum Gasteiger partial charge on any atom is 0.323 e. The Kier molecular flexibility index (Phi) is 6.25. The maximum atomic E-state index is 12.3. The number of rotatable bonds is 6. The third-order valence-electron chi connectivity index (χ3n) is 3.00. The van der Waals surface area contributed by atoms with Crippen LogP contribution >= 0.6 is 39.9 Å².